The minimum Gasteiger partial charge on any atom is -0.497 e. The topological polar surface area (TPSA) is 47.9 Å². The zero-order valence-corrected chi connectivity index (χ0v) is 10.4. The highest BCUT2D eigenvalue weighted by molar-refractivity contribution is 5.32. The Morgan fingerprint density at radius 2 is 1.82 bits per heavy atom. The SMILES string of the molecule is COc1ccc(C(C)(O)C(OC)OC)c(F)c1. The Morgan fingerprint density at radius 3 is 2.24 bits per heavy atom. The molecule has 0 amide bonds. The number of aliphatic hydroxyl groups is 1. The van der Waals surface area contributed by atoms with Crippen molar-refractivity contribution < 1.29 is 23.7 Å². The number of hydrogen-bond acceptors (Lipinski definition) is 4. The van der Waals surface area contributed by atoms with E-state index in [2.05, 4.69) is 0 Å². The zero-order valence-electron chi connectivity index (χ0n) is 10.4. The van der Waals surface area contributed by atoms with Crippen LogP contribution in [-0.4, -0.2) is 32.7 Å². The number of halogens is 1. The summed E-state index contributed by atoms with van der Waals surface area (Å²) in [5.41, 5.74) is -1.49. The molecule has 96 valence electrons. The fourth-order valence-electron chi connectivity index (χ4n) is 1.72. The molecular formula is C12H17FO4. The molecule has 17 heavy (non-hydrogen) atoms. The summed E-state index contributed by atoms with van der Waals surface area (Å²) in [6.45, 7) is 1.43. The number of ether oxygens (including phenoxy) is 3. The van der Waals surface area contributed by atoms with Crippen LogP contribution >= 0.6 is 0 Å². The lowest BCUT2D eigenvalue weighted by atomic mass is 9.94. The molecule has 1 unspecified atom stereocenters. The Labute approximate surface area is 99.9 Å². The van der Waals surface area contributed by atoms with Crippen LogP contribution in [0.2, 0.25) is 0 Å². The van der Waals surface area contributed by atoms with Gasteiger partial charge >= 0.3 is 0 Å². The van der Waals surface area contributed by atoms with Crippen molar-refractivity contribution in [3.63, 3.8) is 0 Å². The fraction of sp³-hybridized carbons (Fsp3) is 0.500. The lowest BCUT2D eigenvalue weighted by molar-refractivity contribution is -0.214. The molecule has 0 aromatic heterocycles. The normalized spacial score (nSPS) is 14.8. The molecule has 0 saturated heterocycles. The predicted molar refractivity (Wildman–Crippen MR) is 60.3 cm³/mol. The van der Waals surface area contributed by atoms with E-state index in [0.29, 0.717) is 5.75 Å². The molecule has 0 heterocycles. The minimum absolute atomic E-state index is 0.0898. The molecule has 0 aliphatic carbocycles. The summed E-state index contributed by atoms with van der Waals surface area (Å²) >= 11 is 0. The maximum absolute atomic E-state index is 13.8. The summed E-state index contributed by atoms with van der Waals surface area (Å²) in [6.07, 6.45) is -0.953. The first-order valence-electron chi connectivity index (χ1n) is 5.09. The largest absolute Gasteiger partial charge is 0.497 e. The quantitative estimate of drug-likeness (QED) is 0.800. The first kappa shape index (κ1) is 13.9. The van der Waals surface area contributed by atoms with Crippen LogP contribution in [0.3, 0.4) is 0 Å². The molecule has 5 heteroatoms. The maximum atomic E-state index is 13.8. The van der Waals surface area contributed by atoms with E-state index in [1.165, 1.54) is 40.4 Å². The average molecular weight is 244 g/mol. The minimum atomic E-state index is -1.58. The second-order valence-corrected chi connectivity index (χ2v) is 3.80. The van der Waals surface area contributed by atoms with Crippen molar-refractivity contribution in [2.24, 2.45) is 0 Å². The van der Waals surface area contributed by atoms with Crippen molar-refractivity contribution in [3.05, 3.63) is 29.6 Å². The molecule has 0 saturated carbocycles. The second kappa shape index (κ2) is 5.44. The predicted octanol–water partition coefficient (Wildman–Crippen LogP) is 1.66. The summed E-state index contributed by atoms with van der Waals surface area (Å²) in [7, 11) is 4.20. The van der Waals surface area contributed by atoms with E-state index in [-0.39, 0.29) is 5.56 Å². The first-order chi connectivity index (χ1) is 7.97. The van der Waals surface area contributed by atoms with Crippen LogP contribution in [0.1, 0.15) is 12.5 Å². The first-order valence-corrected chi connectivity index (χ1v) is 5.09. The summed E-state index contributed by atoms with van der Waals surface area (Å²) in [5, 5.41) is 10.3. The molecule has 1 aromatic carbocycles. The number of rotatable bonds is 5. The van der Waals surface area contributed by atoms with Crippen molar-refractivity contribution in [2.75, 3.05) is 21.3 Å². The van der Waals surface area contributed by atoms with E-state index in [1.807, 2.05) is 0 Å². The molecule has 0 aliphatic heterocycles. The Balaban J connectivity index is 3.14. The van der Waals surface area contributed by atoms with E-state index in [1.54, 1.807) is 6.07 Å². The summed E-state index contributed by atoms with van der Waals surface area (Å²) in [4.78, 5) is 0. The van der Waals surface area contributed by atoms with E-state index in [0.717, 1.165) is 0 Å². The van der Waals surface area contributed by atoms with E-state index in [4.69, 9.17) is 14.2 Å². The standard InChI is InChI=1S/C12H17FO4/c1-12(14,11(16-3)17-4)9-6-5-8(15-2)7-10(9)13/h5-7,11,14H,1-4H3. The van der Waals surface area contributed by atoms with Gasteiger partial charge in [-0.05, 0) is 19.1 Å². The van der Waals surface area contributed by atoms with Gasteiger partial charge in [0.2, 0.25) is 0 Å². The van der Waals surface area contributed by atoms with Gasteiger partial charge in [-0.3, -0.25) is 0 Å². The molecule has 0 bridgehead atoms. The Morgan fingerprint density at radius 1 is 1.24 bits per heavy atom. The summed E-state index contributed by atoms with van der Waals surface area (Å²) in [5.74, 6) is -0.193. The summed E-state index contributed by atoms with van der Waals surface area (Å²) in [6, 6.07) is 4.21. The Bertz CT molecular complexity index is 375. The number of methoxy groups -OCH3 is 3. The van der Waals surface area contributed by atoms with E-state index < -0.39 is 17.7 Å². The third kappa shape index (κ3) is 2.74. The van der Waals surface area contributed by atoms with Crippen molar-refractivity contribution in [2.45, 2.75) is 18.8 Å². The molecule has 4 nitrogen and oxygen atoms in total. The molecule has 1 atom stereocenters. The van der Waals surface area contributed by atoms with Gasteiger partial charge < -0.3 is 19.3 Å². The average Bonchev–Trinajstić information content (AvgIpc) is 2.29. The van der Waals surface area contributed by atoms with Crippen molar-refractivity contribution in [3.8, 4) is 5.75 Å². The van der Waals surface area contributed by atoms with Crippen molar-refractivity contribution in [1.82, 2.24) is 0 Å². The van der Waals surface area contributed by atoms with E-state index >= 15 is 0 Å². The lowest BCUT2D eigenvalue weighted by Crippen LogP contribution is -2.40. The van der Waals surface area contributed by atoms with Gasteiger partial charge in [-0.2, -0.15) is 0 Å². The number of benzene rings is 1. The van der Waals surface area contributed by atoms with Gasteiger partial charge in [-0.1, -0.05) is 0 Å². The van der Waals surface area contributed by atoms with Crippen LogP contribution in [0.25, 0.3) is 0 Å². The molecule has 1 N–H and O–H groups in total. The number of hydrogen-bond donors (Lipinski definition) is 1. The highest BCUT2D eigenvalue weighted by Crippen LogP contribution is 2.30. The van der Waals surface area contributed by atoms with Gasteiger partial charge in [0.15, 0.2) is 6.29 Å². The Kier molecular flexibility index (Phi) is 4.45. The van der Waals surface area contributed by atoms with Crippen LogP contribution in [0, 0.1) is 5.82 Å². The smallest absolute Gasteiger partial charge is 0.189 e. The Hall–Kier alpha value is -1.17. The molecule has 0 aliphatic rings. The van der Waals surface area contributed by atoms with Gasteiger partial charge in [-0.25, -0.2) is 4.39 Å². The molecule has 0 spiro atoms. The molecule has 1 aromatic rings. The van der Waals surface area contributed by atoms with Crippen LogP contribution in [0.4, 0.5) is 4.39 Å². The fourth-order valence-corrected chi connectivity index (χ4v) is 1.72. The third-order valence-electron chi connectivity index (χ3n) is 2.61. The molecule has 1 rings (SSSR count). The van der Waals surface area contributed by atoms with Gasteiger partial charge in [0.25, 0.3) is 0 Å². The van der Waals surface area contributed by atoms with Gasteiger partial charge in [0.1, 0.15) is 17.2 Å². The molecular weight excluding hydrogens is 227 g/mol. The highest BCUT2D eigenvalue weighted by Gasteiger charge is 2.36. The molecule has 0 radical (unpaired) electrons. The van der Waals surface area contributed by atoms with Crippen molar-refractivity contribution in [1.29, 1.82) is 0 Å². The van der Waals surface area contributed by atoms with Crippen LogP contribution < -0.4 is 4.74 Å². The summed E-state index contributed by atoms with van der Waals surface area (Å²) < 4.78 is 28.6. The zero-order chi connectivity index (χ0) is 13.1. The van der Waals surface area contributed by atoms with Gasteiger partial charge in [0.05, 0.1) is 7.11 Å². The lowest BCUT2D eigenvalue weighted by Gasteiger charge is -2.31. The van der Waals surface area contributed by atoms with Crippen LogP contribution in [0.5, 0.6) is 5.75 Å². The van der Waals surface area contributed by atoms with E-state index in [9.17, 15) is 9.50 Å². The van der Waals surface area contributed by atoms with Crippen LogP contribution in [-0.2, 0) is 15.1 Å². The third-order valence-corrected chi connectivity index (χ3v) is 2.61. The second-order valence-electron chi connectivity index (χ2n) is 3.80. The van der Waals surface area contributed by atoms with Crippen molar-refractivity contribution >= 4 is 0 Å². The van der Waals surface area contributed by atoms with Gasteiger partial charge in [0, 0.05) is 25.8 Å². The maximum Gasteiger partial charge on any atom is 0.189 e. The molecule has 0 fully saturated rings. The highest BCUT2D eigenvalue weighted by atomic mass is 19.1. The van der Waals surface area contributed by atoms with Crippen LogP contribution in [0.15, 0.2) is 18.2 Å². The monoisotopic (exact) mass is 244 g/mol. The van der Waals surface area contributed by atoms with Gasteiger partial charge in [-0.15, -0.1) is 0 Å².